The summed E-state index contributed by atoms with van der Waals surface area (Å²) in [5.41, 5.74) is 3.25. The van der Waals surface area contributed by atoms with Gasteiger partial charge in [0.05, 0.1) is 17.6 Å². The zero-order chi connectivity index (χ0) is 15.0. The largest absolute Gasteiger partial charge is 0.476 e. The van der Waals surface area contributed by atoms with Gasteiger partial charge in [-0.15, -0.1) is 0 Å². The molecule has 0 aliphatic rings. The summed E-state index contributed by atoms with van der Waals surface area (Å²) in [6.07, 6.45) is 5.50. The molecule has 0 fully saturated rings. The lowest BCUT2D eigenvalue weighted by Crippen LogP contribution is -2.02. The molecule has 0 saturated heterocycles. The molecule has 0 saturated carbocycles. The van der Waals surface area contributed by atoms with Crippen molar-refractivity contribution in [1.29, 1.82) is 0 Å². The van der Waals surface area contributed by atoms with Gasteiger partial charge >= 0.3 is 5.97 Å². The first-order valence-corrected chi connectivity index (χ1v) is 6.43. The van der Waals surface area contributed by atoms with Gasteiger partial charge in [-0.3, -0.25) is 4.98 Å². The van der Waals surface area contributed by atoms with E-state index in [1.165, 1.54) is 0 Å². The molecule has 0 radical (unpaired) electrons. The third-order valence-corrected chi connectivity index (χ3v) is 3.20. The van der Waals surface area contributed by atoms with Crippen LogP contribution in [0.1, 0.15) is 16.2 Å². The van der Waals surface area contributed by atoms with E-state index < -0.39 is 5.97 Å². The molecule has 0 aliphatic carbocycles. The van der Waals surface area contributed by atoms with Crippen LogP contribution in [0, 0.1) is 6.92 Å². The number of carbonyl (C=O) groups is 1. The van der Waals surface area contributed by atoms with E-state index in [1.807, 2.05) is 49.1 Å². The van der Waals surface area contributed by atoms with E-state index >= 15 is 0 Å². The molecule has 3 aromatic rings. The van der Waals surface area contributed by atoms with Crippen LogP contribution >= 0.6 is 0 Å². The maximum Gasteiger partial charge on any atom is 0.356 e. The molecule has 3 rings (SSSR count). The Balaban J connectivity index is 2.18. The van der Waals surface area contributed by atoms with Gasteiger partial charge in [0.25, 0.3) is 0 Å². The third-order valence-electron chi connectivity index (χ3n) is 3.20. The first-order chi connectivity index (χ1) is 10.0. The molecule has 0 bridgehead atoms. The summed E-state index contributed by atoms with van der Waals surface area (Å²) in [4.78, 5) is 15.4. The van der Waals surface area contributed by atoms with Crippen LogP contribution in [-0.2, 0) is 7.05 Å². The minimum atomic E-state index is -1.05. The molecular formula is C15H14N4O2. The molecule has 21 heavy (non-hydrogen) atoms. The fourth-order valence-electron chi connectivity index (χ4n) is 2.13. The number of hydrogen-bond donors (Lipinski definition) is 1. The van der Waals surface area contributed by atoms with Crippen LogP contribution < -0.4 is 0 Å². The highest BCUT2D eigenvalue weighted by molar-refractivity contribution is 5.87. The summed E-state index contributed by atoms with van der Waals surface area (Å²) in [6.45, 7) is 1.90. The number of aromatic nitrogens is 4. The highest BCUT2D eigenvalue weighted by atomic mass is 16.4. The van der Waals surface area contributed by atoms with Gasteiger partial charge in [0.15, 0.2) is 5.69 Å². The topological polar surface area (TPSA) is 72.9 Å². The van der Waals surface area contributed by atoms with Crippen LogP contribution in [0.15, 0.2) is 42.9 Å². The van der Waals surface area contributed by atoms with Crippen LogP contribution in [0.2, 0.25) is 0 Å². The minimum absolute atomic E-state index is 0.00873. The van der Waals surface area contributed by atoms with Gasteiger partial charge < -0.3 is 9.67 Å². The molecule has 0 aromatic carbocycles. The Morgan fingerprint density at radius 1 is 1.29 bits per heavy atom. The molecule has 0 unspecified atom stereocenters. The van der Waals surface area contributed by atoms with Gasteiger partial charge in [-0.1, -0.05) is 0 Å². The zero-order valence-corrected chi connectivity index (χ0v) is 11.7. The molecule has 1 N–H and O–H groups in total. The Kier molecular flexibility index (Phi) is 3.06. The van der Waals surface area contributed by atoms with E-state index in [-0.39, 0.29) is 5.69 Å². The molecule has 6 nitrogen and oxygen atoms in total. The second kappa shape index (κ2) is 4.90. The molecule has 3 aromatic heterocycles. The van der Waals surface area contributed by atoms with E-state index in [1.54, 1.807) is 16.9 Å². The van der Waals surface area contributed by atoms with Crippen molar-refractivity contribution >= 4 is 5.97 Å². The molecule has 0 aliphatic heterocycles. The van der Waals surface area contributed by atoms with E-state index in [4.69, 9.17) is 5.11 Å². The van der Waals surface area contributed by atoms with Crippen molar-refractivity contribution in [2.75, 3.05) is 0 Å². The van der Waals surface area contributed by atoms with Crippen molar-refractivity contribution in [1.82, 2.24) is 19.3 Å². The quantitative estimate of drug-likeness (QED) is 0.800. The van der Waals surface area contributed by atoms with Gasteiger partial charge in [0.2, 0.25) is 0 Å². The molecular weight excluding hydrogens is 268 g/mol. The number of aromatic carboxylic acids is 1. The maximum absolute atomic E-state index is 11.2. The summed E-state index contributed by atoms with van der Waals surface area (Å²) >= 11 is 0. The zero-order valence-electron chi connectivity index (χ0n) is 11.7. The van der Waals surface area contributed by atoms with Crippen LogP contribution in [0.4, 0.5) is 0 Å². The van der Waals surface area contributed by atoms with E-state index in [0.717, 1.165) is 22.6 Å². The normalized spacial score (nSPS) is 10.8. The molecule has 0 atom stereocenters. The summed E-state index contributed by atoms with van der Waals surface area (Å²) in [5, 5.41) is 13.3. The Bertz CT molecular complexity index is 799. The fraction of sp³-hybridized carbons (Fsp3) is 0.133. The van der Waals surface area contributed by atoms with Crippen molar-refractivity contribution < 1.29 is 9.90 Å². The van der Waals surface area contributed by atoms with Crippen molar-refractivity contribution in [2.24, 2.45) is 7.05 Å². The predicted octanol–water partition coefficient (Wildman–Crippen LogP) is 2.28. The summed E-state index contributed by atoms with van der Waals surface area (Å²) < 4.78 is 3.51. The summed E-state index contributed by atoms with van der Waals surface area (Å²) in [7, 11) is 1.91. The van der Waals surface area contributed by atoms with Crippen LogP contribution in [-0.4, -0.2) is 30.4 Å². The van der Waals surface area contributed by atoms with Crippen molar-refractivity contribution in [3.8, 4) is 16.9 Å². The Labute approximate surface area is 121 Å². The fourth-order valence-corrected chi connectivity index (χ4v) is 2.13. The maximum atomic E-state index is 11.2. The van der Waals surface area contributed by atoms with E-state index in [2.05, 4.69) is 10.1 Å². The Hall–Kier alpha value is -2.89. The summed E-state index contributed by atoms with van der Waals surface area (Å²) in [5.74, 6) is -1.05. The summed E-state index contributed by atoms with van der Waals surface area (Å²) in [6, 6.07) is 7.22. The lowest BCUT2D eigenvalue weighted by Gasteiger charge is -2.06. The Morgan fingerprint density at radius 3 is 2.67 bits per heavy atom. The van der Waals surface area contributed by atoms with Crippen LogP contribution in [0.5, 0.6) is 0 Å². The van der Waals surface area contributed by atoms with Gasteiger partial charge in [0, 0.05) is 30.7 Å². The van der Waals surface area contributed by atoms with Crippen molar-refractivity contribution in [3.05, 3.63) is 54.2 Å². The highest BCUT2D eigenvalue weighted by Crippen LogP contribution is 2.24. The van der Waals surface area contributed by atoms with E-state index in [9.17, 15) is 4.79 Å². The second-order valence-corrected chi connectivity index (χ2v) is 4.86. The smallest absolute Gasteiger partial charge is 0.356 e. The van der Waals surface area contributed by atoms with Crippen molar-refractivity contribution in [3.63, 3.8) is 0 Å². The highest BCUT2D eigenvalue weighted by Gasteiger charge is 2.16. The molecule has 0 amide bonds. The van der Waals surface area contributed by atoms with Gasteiger partial charge in [-0.05, 0) is 31.2 Å². The molecule has 6 heteroatoms. The Morgan fingerprint density at radius 2 is 2.10 bits per heavy atom. The van der Waals surface area contributed by atoms with Crippen LogP contribution in [0.25, 0.3) is 16.9 Å². The van der Waals surface area contributed by atoms with Crippen molar-refractivity contribution in [2.45, 2.75) is 6.92 Å². The molecule has 3 heterocycles. The number of carboxylic acids is 1. The first-order valence-electron chi connectivity index (χ1n) is 6.43. The lowest BCUT2D eigenvalue weighted by molar-refractivity contribution is 0.0690. The van der Waals surface area contributed by atoms with Crippen LogP contribution in [0.3, 0.4) is 0 Å². The molecule has 106 valence electrons. The van der Waals surface area contributed by atoms with Gasteiger partial charge in [-0.2, -0.15) is 5.10 Å². The minimum Gasteiger partial charge on any atom is -0.476 e. The average molecular weight is 282 g/mol. The predicted molar refractivity (Wildman–Crippen MR) is 77.5 cm³/mol. The average Bonchev–Trinajstić information content (AvgIpc) is 3.05. The number of hydrogen-bond acceptors (Lipinski definition) is 3. The lowest BCUT2D eigenvalue weighted by atomic mass is 10.2. The third kappa shape index (κ3) is 2.43. The molecule has 0 spiro atoms. The number of pyridine rings is 1. The number of rotatable bonds is 3. The van der Waals surface area contributed by atoms with Gasteiger partial charge in [-0.25, -0.2) is 9.48 Å². The SMILES string of the molecule is Cc1ccc(-n2nc(C(=O)O)cc2-c2ccn(C)c2)cn1. The number of nitrogens with zero attached hydrogens (tertiary/aromatic N) is 4. The number of carboxylic acid groups (broad SMARTS) is 1. The first kappa shape index (κ1) is 13.1. The monoisotopic (exact) mass is 282 g/mol. The standard InChI is InChI=1S/C15H14N4O2/c1-10-3-4-12(8-16-10)19-14(7-13(17-19)15(20)21)11-5-6-18(2)9-11/h3-9H,1-2H3,(H,20,21). The number of aryl methyl sites for hydroxylation is 2. The second-order valence-electron chi connectivity index (χ2n) is 4.86. The van der Waals surface area contributed by atoms with Gasteiger partial charge in [0.1, 0.15) is 0 Å². The van der Waals surface area contributed by atoms with E-state index in [0.29, 0.717) is 0 Å².